The highest BCUT2D eigenvalue weighted by Gasteiger charge is 1.97. The first-order valence-corrected chi connectivity index (χ1v) is 4.36. The van der Waals surface area contributed by atoms with Crippen LogP contribution in [0.4, 0.5) is 0 Å². The zero-order valence-electron chi connectivity index (χ0n) is 11.7. The maximum atomic E-state index is 7.27. The molecule has 70 valence electrons. The Kier molecular flexibility index (Phi) is 1.37. The average molecular weight is 187 g/mol. The monoisotopic (exact) mass is 187 g/mol. The Bertz CT molecular complexity index is 514. The minimum Gasteiger partial charge on any atom is -0.256 e. The molecule has 2 rings (SSSR count). The van der Waals surface area contributed by atoms with Crippen LogP contribution in [0.5, 0.6) is 0 Å². The second kappa shape index (κ2) is 3.62. The first-order chi connectivity index (χ1) is 8.50. The molecule has 14 heavy (non-hydrogen) atoms. The molecule has 0 fully saturated rings. The summed E-state index contributed by atoms with van der Waals surface area (Å²) in [7, 11) is 0. The van der Waals surface area contributed by atoms with Crippen molar-refractivity contribution >= 4 is 0 Å². The molecule has 0 aliphatic heterocycles. The van der Waals surface area contributed by atoms with E-state index in [0.29, 0.717) is 0 Å². The van der Waals surface area contributed by atoms with Crippen molar-refractivity contribution in [1.82, 2.24) is 4.98 Å². The predicted octanol–water partition coefficient (Wildman–Crippen LogP) is 3.37. The number of hydrogen-bond acceptors (Lipinski definition) is 1. The molecule has 0 saturated carbocycles. The lowest BCUT2D eigenvalue weighted by Gasteiger charge is -2.01. The molecule has 0 aliphatic carbocycles. The second-order valence-electron chi connectivity index (χ2n) is 3.13. The molecular weight excluding hydrogens is 170 g/mol. The number of aryl methyl sites for hydroxylation is 2. The summed E-state index contributed by atoms with van der Waals surface area (Å²) in [6.45, 7) is -1.85. The third-order valence-electron chi connectivity index (χ3n) is 2.01. The van der Waals surface area contributed by atoms with E-state index in [1.165, 1.54) is 6.20 Å². The molecule has 0 saturated heterocycles. The number of benzene rings is 1. The van der Waals surface area contributed by atoms with E-state index in [1.54, 1.807) is 12.1 Å². The molecule has 1 nitrogen and oxygen atoms in total. The van der Waals surface area contributed by atoms with Crippen LogP contribution in [0.3, 0.4) is 0 Å². The van der Waals surface area contributed by atoms with Gasteiger partial charge in [0.15, 0.2) is 0 Å². The fourth-order valence-electron chi connectivity index (χ4n) is 1.24. The van der Waals surface area contributed by atoms with Gasteiger partial charge in [0, 0.05) is 17.2 Å². The zero-order valence-corrected chi connectivity index (χ0v) is 7.70. The summed E-state index contributed by atoms with van der Waals surface area (Å²) in [5.41, 5.74) is 2.84. The van der Waals surface area contributed by atoms with Gasteiger partial charge in [-0.2, -0.15) is 0 Å². The van der Waals surface area contributed by atoms with Crippen LogP contribution in [-0.2, 0) is 0 Å². The summed E-state index contributed by atoms with van der Waals surface area (Å²) in [6, 6.07) is 10.8. The summed E-state index contributed by atoms with van der Waals surface area (Å²) in [4.78, 5) is 4.16. The van der Waals surface area contributed by atoms with E-state index >= 15 is 0 Å². The SMILES string of the molecule is [2H]Cc1ccc(-c2ccc(C([2H])([2H])[2H])cn2)cc1. The van der Waals surface area contributed by atoms with Gasteiger partial charge in [-0.15, -0.1) is 0 Å². The predicted molar refractivity (Wildman–Crippen MR) is 59.1 cm³/mol. The number of rotatable bonds is 1. The highest BCUT2D eigenvalue weighted by molar-refractivity contribution is 5.59. The molecule has 0 unspecified atom stereocenters. The third-order valence-corrected chi connectivity index (χ3v) is 2.01. The van der Waals surface area contributed by atoms with E-state index in [4.69, 9.17) is 5.48 Å². The molecule has 0 N–H and O–H groups in total. The number of pyridine rings is 1. The standard InChI is InChI=1S/C13H13N/c1-10-3-6-12(7-4-10)13-8-5-11(2)9-14-13/h3-9H,1-2H3/i1D,2D3. The normalized spacial score (nSPS) is 15.1. The third kappa shape index (κ3) is 1.82. The van der Waals surface area contributed by atoms with Gasteiger partial charge in [-0.05, 0) is 25.4 Å². The molecule has 0 amide bonds. The Labute approximate surface area is 90.1 Å². The molecule has 0 radical (unpaired) electrons. The van der Waals surface area contributed by atoms with E-state index in [2.05, 4.69) is 4.98 Å². The highest BCUT2D eigenvalue weighted by Crippen LogP contribution is 2.17. The molecule has 1 heteroatoms. The van der Waals surface area contributed by atoms with Crippen LogP contribution in [0.1, 0.15) is 16.6 Å². The molecule has 1 heterocycles. The highest BCUT2D eigenvalue weighted by atomic mass is 14.7. The van der Waals surface area contributed by atoms with Crippen molar-refractivity contribution in [3.05, 3.63) is 53.7 Å². The van der Waals surface area contributed by atoms with Crippen molar-refractivity contribution < 1.29 is 5.48 Å². The molecular formula is C13H13N. The van der Waals surface area contributed by atoms with Crippen LogP contribution in [0, 0.1) is 13.8 Å². The van der Waals surface area contributed by atoms with Gasteiger partial charge in [0.25, 0.3) is 0 Å². The Morgan fingerprint density at radius 1 is 1.00 bits per heavy atom. The molecule has 0 bridgehead atoms. The topological polar surface area (TPSA) is 12.9 Å². The van der Waals surface area contributed by atoms with Gasteiger partial charge < -0.3 is 0 Å². The van der Waals surface area contributed by atoms with Crippen LogP contribution in [0.15, 0.2) is 42.6 Å². The van der Waals surface area contributed by atoms with E-state index in [0.717, 1.165) is 16.8 Å². The van der Waals surface area contributed by atoms with Gasteiger partial charge in [-0.1, -0.05) is 35.9 Å². The molecule has 1 aromatic carbocycles. The first kappa shape index (κ1) is 5.30. The minimum atomic E-state index is -2.11. The van der Waals surface area contributed by atoms with Crippen LogP contribution in [0.25, 0.3) is 11.3 Å². The van der Waals surface area contributed by atoms with Crippen molar-refractivity contribution in [1.29, 1.82) is 0 Å². The fraction of sp³-hybridized carbons (Fsp3) is 0.154. The lowest BCUT2D eigenvalue weighted by atomic mass is 10.1. The van der Waals surface area contributed by atoms with Crippen LogP contribution in [-0.4, -0.2) is 4.98 Å². The fourth-order valence-corrected chi connectivity index (χ4v) is 1.24. The van der Waals surface area contributed by atoms with Gasteiger partial charge in [0.2, 0.25) is 0 Å². The molecule has 1 aromatic heterocycles. The summed E-state index contributed by atoms with van der Waals surface area (Å²) in [6.07, 6.45) is 1.39. The van der Waals surface area contributed by atoms with E-state index in [1.807, 2.05) is 24.3 Å². The lowest BCUT2D eigenvalue weighted by Crippen LogP contribution is -1.83. The molecule has 0 aliphatic rings. The first-order valence-electron chi connectivity index (χ1n) is 6.56. The second-order valence-corrected chi connectivity index (χ2v) is 3.13. The zero-order chi connectivity index (χ0) is 13.2. The van der Waals surface area contributed by atoms with Crippen molar-refractivity contribution in [2.45, 2.75) is 13.8 Å². The lowest BCUT2D eigenvalue weighted by molar-refractivity contribution is 1.27. The van der Waals surface area contributed by atoms with Gasteiger partial charge >= 0.3 is 0 Å². The van der Waals surface area contributed by atoms with Crippen molar-refractivity contribution in [2.75, 3.05) is 0 Å². The average Bonchev–Trinajstić information content (AvgIpc) is 2.38. The summed E-state index contributed by atoms with van der Waals surface area (Å²) < 4.78 is 29.1. The van der Waals surface area contributed by atoms with E-state index in [9.17, 15) is 0 Å². The van der Waals surface area contributed by atoms with E-state index < -0.39 is 6.85 Å². The molecule has 0 atom stereocenters. The minimum absolute atomic E-state index is 0.244. The number of aromatic nitrogens is 1. The maximum Gasteiger partial charge on any atom is 0.0702 e. The van der Waals surface area contributed by atoms with E-state index in [-0.39, 0.29) is 12.5 Å². The van der Waals surface area contributed by atoms with Crippen molar-refractivity contribution in [2.24, 2.45) is 0 Å². The van der Waals surface area contributed by atoms with Crippen LogP contribution in [0.2, 0.25) is 0 Å². The van der Waals surface area contributed by atoms with Crippen LogP contribution >= 0.6 is 0 Å². The number of hydrogen-bond donors (Lipinski definition) is 0. The van der Waals surface area contributed by atoms with Crippen LogP contribution < -0.4 is 0 Å². The Morgan fingerprint density at radius 3 is 2.36 bits per heavy atom. The maximum absolute atomic E-state index is 7.27. The van der Waals surface area contributed by atoms with Gasteiger partial charge in [-0.25, -0.2) is 0 Å². The van der Waals surface area contributed by atoms with Gasteiger partial charge in [0.05, 0.1) is 5.69 Å². The largest absolute Gasteiger partial charge is 0.256 e. The molecule has 0 spiro atoms. The Morgan fingerprint density at radius 2 is 1.79 bits per heavy atom. The van der Waals surface area contributed by atoms with Gasteiger partial charge in [-0.3, -0.25) is 4.98 Å². The molecule has 2 aromatic rings. The Balaban J connectivity index is 2.28. The Hall–Kier alpha value is -1.63. The van der Waals surface area contributed by atoms with Crippen molar-refractivity contribution in [3.8, 4) is 11.3 Å². The van der Waals surface area contributed by atoms with Gasteiger partial charge in [0.1, 0.15) is 0 Å². The quantitative estimate of drug-likeness (QED) is 0.667. The van der Waals surface area contributed by atoms with Crippen molar-refractivity contribution in [3.63, 3.8) is 0 Å². The summed E-state index contributed by atoms with van der Waals surface area (Å²) in [5, 5.41) is 0. The number of nitrogens with zero attached hydrogens (tertiary/aromatic N) is 1. The summed E-state index contributed by atoms with van der Waals surface area (Å²) in [5.74, 6) is 0. The summed E-state index contributed by atoms with van der Waals surface area (Å²) >= 11 is 0. The smallest absolute Gasteiger partial charge is 0.0702 e.